The number of aryl methyl sites for hydroxylation is 1. The Kier molecular flexibility index (Phi) is 6.74. The Bertz CT molecular complexity index is 930. The number of nitrogens with one attached hydrogen (secondary N) is 1. The van der Waals surface area contributed by atoms with E-state index in [0.717, 1.165) is 17.4 Å². The number of amides is 2. The van der Waals surface area contributed by atoms with E-state index in [0.29, 0.717) is 43.9 Å². The molecule has 0 aliphatic carbocycles. The van der Waals surface area contributed by atoms with E-state index >= 15 is 0 Å². The highest BCUT2D eigenvalue weighted by molar-refractivity contribution is 5.82. The highest BCUT2D eigenvalue weighted by atomic mass is 16.6. The third kappa shape index (κ3) is 5.28. The summed E-state index contributed by atoms with van der Waals surface area (Å²) in [6.07, 6.45) is 1.76. The summed E-state index contributed by atoms with van der Waals surface area (Å²) >= 11 is 0. The van der Waals surface area contributed by atoms with E-state index in [1.807, 2.05) is 13.0 Å². The number of hydrogen-bond donors (Lipinski definition) is 1. The molecule has 1 aliphatic rings. The Morgan fingerprint density at radius 2 is 1.97 bits per heavy atom. The molecule has 0 spiro atoms. The van der Waals surface area contributed by atoms with E-state index in [9.17, 15) is 14.4 Å². The molecule has 0 bridgehead atoms. The largest absolute Gasteiger partial charge is 0.484 e. The lowest BCUT2D eigenvalue weighted by atomic mass is 10.1. The number of fused-ring (bicyclic) bond motifs is 1. The lowest BCUT2D eigenvalue weighted by Crippen LogP contribution is -2.47. The first-order valence-corrected chi connectivity index (χ1v) is 9.90. The predicted molar refractivity (Wildman–Crippen MR) is 107 cm³/mol. The van der Waals surface area contributed by atoms with Gasteiger partial charge in [-0.2, -0.15) is 0 Å². The van der Waals surface area contributed by atoms with Crippen molar-refractivity contribution in [3.05, 3.63) is 40.2 Å². The van der Waals surface area contributed by atoms with Crippen LogP contribution in [0, 0.1) is 0 Å². The first kappa shape index (κ1) is 20.7. The van der Waals surface area contributed by atoms with Crippen molar-refractivity contribution in [1.82, 2.24) is 10.2 Å². The smallest absolute Gasteiger partial charge is 0.409 e. The first-order valence-electron chi connectivity index (χ1n) is 9.90. The summed E-state index contributed by atoms with van der Waals surface area (Å²) in [5.41, 5.74) is 0.951. The fourth-order valence-electron chi connectivity index (χ4n) is 3.43. The van der Waals surface area contributed by atoms with E-state index in [2.05, 4.69) is 5.32 Å². The summed E-state index contributed by atoms with van der Waals surface area (Å²) in [4.78, 5) is 37.2. The predicted octanol–water partition coefficient (Wildman–Crippen LogP) is 2.47. The van der Waals surface area contributed by atoms with Gasteiger partial charge in [0.05, 0.1) is 6.61 Å². The molecule has 0 unspecified atom stereocenters. The van der Waals surface area contributed by atoms with Crippen LogP contribution >= 0.6 is 0 Å². The van der Waals surface area contributed by atoms with Crippen molar-refractivity contribution >= 4 is 23.0 Å². The van der Waals surface area contributed by atoms with E-state index in [4.69, 9.17) is 13.9 Å². The third-order valence-corrected chi connectivity index (χ3v) is 4.94. The molecule has 1 aliphatic heterocycles. The minimum absolute atomic E-state index is 0.00138. The zero-order valence-electron chi connectivity index (χ0n) is 16.7. The molecule has 1 aromatic carbocycles. The molecule has 2 aromatic rings. The molecule has 1 N–H and O–H groups in total. The molecule has 1 aromatic heterocycles. The minimum Gasteiger partial charge on any atom is -0.484 e. The van der Waals surface area contributed by atoms with Gasteiger partial charge in [-0.25, -0.2) is 9.59 Å². The molecule has 0 atom stereocenters. The molecule has 29 heavy (non-hydrogen) atoms. The van der Waals surface area contributed by atoms with Crippen molar-refractivity contribution in [2.45, 2.75) is 39.2 Å². The number of carbonyl (C=O) groups excluding carboxylic acids is 2. The van der Waals surface area contributed by atoms with Gasteiger partial charge in [-0.15, -0.1) is 0 Å². The second kappa shape index (κ2) is 9.45. The van der Waals surface area contributed by atoms with E-state index in [-0.39, 0.29) is 24.6 Å². The Morgan fingerprint density at radius 3 is 2.66 bits per heavy atom. The fourth-order valence-corrected chi connectivity index (χ4v) is 3.43. The summed E-state index contributed by atoms with van der Waals surface area (Å²) in [5, 5.41) is 3.79. The third-order valence-electron chi connectivity index (χ3n) is 4.94. The summed E-state index contributed by atoms with van der Waals surface area (Å²) in [6, 6.07) is 6.70. The zero-order valence-corrected chi connectivity index (χ0v) is 16.7. The van der Waals surface area contributed by atoms with Crippen molar-refractivity contribution in [3.8, 4) is 5.75 Å². The van der Waals surface area contributed by atoms with E-state index in [1.54, 1.807) is 24.0 Å². The first-order chi connectivity index (χ1) is 14.0. The van der Waals surface area contributed by atoms with Crippen molar-refractivity contribution in [2.24, 2.45) is 0 Å². The van der Waals surface area contributed by atoms with Crippen LogP contribution in [-0.2, 0) is 16.0 Å². The molecule has 156 valence electrons. The Hall–Kier alpha value is -3.03. The second-order valence-corrected chi connectivity index (χ2v) is 6.92. The Morgan fingerprint density at radius 1 is 1.21 bits per heavy atom. The Balaban J connectivity index is 1.51. The number of hydrogen-bond acceptors (Lipinski definition) is 6. The van der Waals surface area contributed by atoms with Gasteiger partial charge in [-0.05, 0) is 43.9 Å². The van der Waals surface area contributed by atoms with Crippen molar-refractivity contribution in [1.29, 1.82) is 0 Å². The van der Waals surface area contributed by atoms with Gasteiger partial charge in [-0.1, -0.05) is 6.92 Å². The average Bonchev–Trinajstić information content (AvgIpc) is 2.72. The quantitative estimate of drug-likeness (QED) is 0.746. The minimum atomic E-state index is -0.404. The maximum absolute atomic E-state index is 12.2. The lowest BCUT2D eigenvalue weighted by Gasteiger charge is -2.31. The molecule has 8 heteroatoms. The SMILES string of the molecule is CCOC(=O)N1CCC(NC(=O)COc2ccc3c(CC)cc(=O)oc3c2)CC1. The fraction of sp³-hybridized carbons (Fsp3) is 0.476. The van der Waals surface area contributed by atoms with Gasteiger partial charge in [0.15, 0.2) is 6.61 Å². The number of benzene rings is 1. The van der Waals surface area contributed by atoms with Gasteiger partial charge in [0.1, 0.15) is 11.3 Å². The van der Waals surface area contributed by atoms with Gasteiger partial charge >= 0.3 is 11.7 Å². The van der Waals surface area contributed by atoms with Gasteiger partial charge in [0.2, 0.25) is 0 Å². The van der Waals surface area contributed by atoms with Crippen LogP contribution in [0.4, 0.5) is 4.79 Å². The Labute approximate surface area is 168 Å². The highest BCUT2D eigenvalue weighted by Crippen LogP contribution is 2.23. The molecular formula is C21H26N2O6. The molecule has 2 heterocycles. The molecule has 2 amide bonds. The van der Waals surface area contributed by atoms with Crippen LogP contribution < -0.4 is 15.7 Å². The van der Waals surface area contributed by atoms with Crippen LogP contribution in [0.2, 0.25) is 0 Å². The molecule has 0 saturated carbocycles. The van der Waals surface area contributed by atoms with Crippen LogP contribution in [0.5, 0.6) is 5.75 Å². The topological polar surface area (TPSA) is 98.1 Å². The maximum atomic E-state index is 12.2. The standard InChI is InChI=1S/C21H26N2O6/c1-3-14-11-20(25)29-18-12-16(5-6-17(14)18)28-13-19(24)22-15-7-9-23(10-8-15)21(26)27-4-2/h5-6,11-12,15H,3-4,7-10,13H2,1-2H3,(H,22,24). The monoisotopic (exact) mass is 402 g/mol. The number of carbonyl (C=O) groups is 2. The molecule has 1 fully saturated rings. The van der Waals surface area contributed by atoms with E-state index < -0.39 is 5.63 Å². The highest BCUT2D eigenvalue weighted by Gasteiger charge is 2.24. The van der Waals surface area contributed by atoms with Gasteiger partial charge in [-0.3, -0.25) is 4.79 Å². The molecule has 3 rings (SSSR count). The van der Waals surface area contributed by atoms with E-state index in [1.165, 1.54) is 6.07 Å². The van der Waals surface area contributed by atoms with Crippen LogP contribution in [-0.4, -0.2) is 49.2 Å². The number of likely N-dealkylation sites (tertiary alicyclic amines) is 1. The van der Waals surface area contributed by atoms with Gasteiger partial charge < -0.3 is 24.1 Å². The lowest BCUT2D eigenvalue weighted by molar-refractivity contribution is -0.124. The normalized spacial score (nSPS) is 14.6. The van der Waals surface area contributed by atoms with Gasteiger partial charge in [0, 0.05) is 36.7 Å². The second-order valence-electron chi connectivity index (χ2n) is 6.92. The van der Waals surface area contributed by atoms with Crippen LogP contribution in [0.1, 0.15) is 32.3 Å². The summed E-state index contributed by atoms with van der Waals surface area (Å²) in [6.45, 7) is 5.06. The summed E-state index contributed by atoms with van der Waals surface area (Å²) in [5.74, 6) is 0.227. The van der Waals surface area contributed by atoms with Crippen molar-refractivity contribution in [2.75, 3.05) is 26.3 Å². The molecule has 8 nitrogen and oxygen atoms in total. The number of nitrogens with zero attached hydrogens (tertiary/aromatic N) is 1. The summed E-state index contributed by atoms with van der Waals surface area (Å²) < 4.78 is 15.8. The van der Waals surface area contributed by atoms with Crippen LogP contribution in [0.15, 0.2) is 33.5 Å². The number of rotatable bonds is 6. The van der Waals surface area contributed by atoms with Crippen molar-refractivity contribution in [3.63, 3.8) is 0 Å². The number of piperidine rings is 1. The maximum Gasteiger partial charge on any atom is 0.409 e. The van der Waals surface area contributed by atoms with Crippen molar-refractivity contribution < 1.29 is 23.5 Å². The molecular weight excluding hydrogens is 376 g/mol. The molecule has 0 radical (unpaired) electrons. The van der Waals surface area contributed by atoms with Gasteiger partial charge in [0.25, 0.3) is 5.91 Å². The average molecular weight is 402 g/mol. The van der Waals surface area contributed by atoms with Crippen LogP contribution in [0.25, 0.3) is 11.0 Å². The zero-order chi connectivity index (χ0) is 20.8. The summed E-state index contributed by atoms with van der Waals surface area (Å²) in [7, 11) is 0. The number of ether oxygens (including phenoxy) is 2. The molecule has 1 saturated heterocycles. The van der Waals surface area contributed by atoms with Crippen LogP contribution in [0.3, 0.4) is 0 Å².